The number of carbonyl (C=O) groups excluding carboxylic acids is 1. The fraction of sp³-hybridized carbons (Fsp3) is 0.130. The quantitative estimate of drug-likeness (QED) is 0.494. The van der Waals surface area contributed by atoms with Crippen molar-refractivity contribution in [3.05, 3.63) is 83.4 Å². The number of hydrogen-bond donors (Lipinski definition) is 1. The zero-order valence-electron chi connectivity index (χ0n) is 16.7. The van der Waals surface area contributed by atoms with E-state index in [2.05, 4.69) is 10.3 Å². The van der Waals surface area contributed by atoms with Crippen LogP contribution in [0.3, 0.4) is 0 Å². The molecule has 0 radical (unpaired) electrons. The fourth-order valence-electron chi connectivity index (χ4n) is 3.77. The topological polar surface area (TPSA) is 79.4 Å². The van der Waals surface area contributed by atoms with Gasteiger partial charge in [0.15, 0.2) is 5.13 Å². The minimum absolute atomic E-state index is 0.163. The van der Waals surface area contributed by atoms with Gasteiger partial charge in [0.1, 0.15) is 0 Å². The van der Waals surface area contributed by atoms with Gasteiger partial charge in [-0.25, -0.2) is 13.4 Å². The van der Waals surface area contributed by atoms with Gasteiger partial charge in [-0.1, -0.05) is 41.7 Å². The van der Waals surface area contributed by atoms with Gasteiger partial charge in [-0.15, -0.1) is 0 Å². The van der Waals surface area contributed by atoms with Gasteiger partial charge in [-0.05, 0) is 60.9 Å². The third-order valence-electron chi connectivity index (χ3n) is 5.39. The molecule has 0 atom stereocenters. The summed E-state index contributed by atoms with van der Waals surface area (Å²) in [5.41, 5.74) is 4.03. The van der Waals surface area contributed by atoms with Crippen molar-refractivity contribution >= 4 is 48.3 Å². The molecule has 1 N–H and O–H groups in total. The first-order valence-corrected chi connectivity index (χ1v) is 12.1. The van der Waals surface area contributed by atoms with E-state index in [-0.39, 0.29) is 10.8 Å². The van der Waals surface area contributed by atoms with E-state index in [0.717, 1.165) is 27.0 Å². The number of rotatable bonds is 4. The summed E-state index contributed by atoms with van der Waals surface area (Å²) >= 11 is 1.41. The molecule has 8 heteroatoms. The van der Waals surface area contributed by atoms with Gasteiger partial charge in [0.25, 0.3) is 15.9 Å². The normalized spacial score (nSPS) is 13.4. The first-order valence-electron chi connectivity index (χ1n) is 9.82. The smallest absolute Gasteiger partial charge is 0.264 e. The summed E-state index contributed by atoms with van der Waals surface area (Å²) in [4.78, 5) is 17.3. The average molecular weight is 450 g/mol. The number of sulfonamides is 1. The maximum atomic E-state index is 13.1. The van der Waals surface area contributed by atoms with Crippen molar-refractivity contribution in [2.24, 2.45) is 0 Å². The molecule has 0 bridgehead atoms. The molecule has 4 aromatic rings. The molecule has 1 aromatic heterocycles. The predicted octanol–water partition coefficient (Wildman–Crippen LogP) is 4.61. The van der Waals surface area contributed by atoms with Crippen LogP contribution in [0.4, 0.5) is 10.8 Å². The molecule has 5 rings (SSSR count). The Balaban J connectivity index is 1.37. The number of anilines is 2. The largest absolute Gasteiger partial charge is 0.298 e. The van der Waals surface area contributed by atoms with Crippen LogP contribution in [0.25, 0.3) is 10.2 Å². The number of thiazole rings is 1. The van der Waals surface area contributed by atoms with Crippen LogP contribution in [0.5, 0.6) is 0 Å². The molecule has 0 saturated heterocycles. The zero-order valence-corrected chi connectivity index (χ0v) is 18.3. The van der Waals surface area contributed by atoms with E-state index in [1.807, 2.05) is 49.4 Å². The average Bonchev–Trinajstić information content (AvgIpc) is 3.39. The second kappa shape index (κ2) is 7.47. The molecular weight excluding hydrogens is 430 g/mol. The Hall–Kier alpha value is -3.23. The summed E-state index contributed by atoms with van der Waals surface area (Å²) in [5.74, 6) is -0.327. The van der Waals surface area contributed by atoms with Crippen molar-refractivity contribution in [3.63, 3.8) is 0 Å². The number of hydrogen-bond acceptors (Lipinski definition) is 5. The number of aryl methyl sites for hydroxylation is 1. The van der Waals surface area contributed by atoms with Crippen LogP contribution in [0.2, 0.25) is 0 Å². The van der Waals surface area contributed by atoms with E-state index in [1.165, 1.54) is 39.9 Å². The molecular formula is C23H19N3O3S2. The SMILES string of the molecule is Cc1cccc2sc(NC(=O)c3ccc(S(=O)(=O)N4CCc5ccccc54)cc3)nc12. The van der Waals surface area contributed by atoms with Gasteiger partial charge in [0.05, 0.1) is 20.8 Å². The lowest BCUT2D eigenvalue weighted by molar-refractivity contribution is 0.102. The Morgan fingerprint density at radius 1 is 1.03 bits per heavy atom. The standard InChI is InChI=1S/C23H19N3O3S2/c1-15-5-4-8-20-21(15)24-23(30-20)25-22(27)17-9-11-18(12-10-17)31(28,29)26-14-13-16-6-2-3-7-19(16)26/h2-12H,13-14H2,1H3,(H,24,25,27). The molecule has 0 unspecified atom stereocenters. The van der Waals surface area contributed by atoms with E-state index in [4.69, 9.17) is 0 Å². The Bertz CT molecular complexity index is 1410. The highest BCUT2D eigenvalue weighted by Gasteiger charge is 2.30. The maximum absolute atomic E-state index is 13.1. The Morgan fingerprint density at radius 3 is 2.58 bits per heavy atom. The number of aromatic nitrogens is 1. The summed E-state index contributed by atoms with van der Waals surface area (Å²) in [7, 11) is -3.68. The van der Waals surface area contributed by atoms with Crippen molar-refractivity contribution in [3.8, 4) is 0 Å². The fourth-order valence-corrected chi connectivity index (χ4v) is 6.21. The van der Waals surface area contributed by atoms with Crippen LogP contribution in [0, 0.1) is 6.92 Å². The number of amides is 1. The molecule has 0 spiro atoms. The minimum Gasteiger partial charge on any atom is -0.298 e. The lowest BCUT2D eigenvalue weighted by atomic mass is 10.2. The number of carbonyl (C=O) groups is 1. The Morgan fingerprint density at radius 2 is 1.81 bits per heavy atom. The first-order chi connectivity index (χ1) is 14.9. The summed E-state index contributed by atoms with van der Waals surface area (Å²) < 4.78 is 28.7. The number of benzene rings is 3. The van der Waals surface area contributed by atoms with Crippen LogP contribution in [-0.2, 0) is 16.4 Å². The highest BCUT2D eigenvalue weighted by atomic mass is 32.2. The van der Waals surface area contributed by atoms with E-state index in [0.29, 0.717) is 23.7 Å². The molecule has 0 fully saturated rings. The maximum Gasteiger partial charge on any atom is 0.264 e. The number of nitrogens with zero attached hydrogens (tertiary/aromatic N) is 2. The molecule has 6 nitrogen and oxygen atoms in total. The molecule has 1 amide bonds. The van der Waals surface area contributed by atoms with E-state index in [9.17, 15) is 13.2 Å². The van der Waals surface area contributed by atoms with E-state index < -0.39 is 10.0 Å². The van der Waals surface area contributed by atoms with E-state index in [1.54, 1.807) is 0 Å². The molecule has 0 saturated carbocycles. The second-order valence-electron chi connectivity index (χ2n) is 7.38. The Labute approximate surface area is 184 Å². The molecule has 156 valence electrons. The van der Waals surface area contributed by atoms with Crippen LogP contribution in [0.1, 0.15) is 21.5 Å². The summed E-state index contributed by atoms with van der Waals surface area (Å²) in [6, 6.07) is 19.4. The zero-order chi connectivity index (χ0) is 21.6. The first kappa shape index (κ1) is 19.7. The summed E-state index contributed by atoms with van der Waals surface area (Å²) in [5, 5.41) is 3.32. The highest BCUT2D eigenvalue weighted by molar-refractivity contribution is 7.92. The van der Waals surface area contributed by atoms with Gasteiger partial charge in [0.2, 0.25) is 0 Å². The molecule has 2 heterocycles. The summed E-state index contributed by atoms with van der Waals surface area (Å²) in [6.07, 6.45) is 0.692. The van der Waals surface area contributed by atoms with Crippen molar-refractivity contribution in [2.45, 2.75) is 18.2 Å². The van der Waals surface area contributed by atoms with E-state index >= 15 is 0 Å². The van der Waals surface area contributed by atoms with Crippen molar-refractivity contribution in [1.82, 2.24) is 4.98 Å². The third kappa shape index (κ3) is 3.47. The van der Waals surface area contributed by atoms with Crippen LogP contribution >= 0.6 is 11.3 Å². The van der Waals surface area contributed by atoms with Crippen LogP contribution < -0.4 is 9.62 Å². The Kier molecular flexibility index (Phi) is 4.75. The summed E-state index contributed by atoms with van der Waals surface area (Å²) in [6.45, 7) is 2.40. The van der Waals surface area contributed by atoms with Crippen molar-refractivity contribution < 1.29 is 13.2 Å². The molecule has 31 heavy (non-hydrogen) atoms. The number of para-hydroxylation sites is 2. The van der Waals surface area contributed by atoms with Gasteiger partial charge in [-0.2, -0.15) is 0 Å². The highest BCUT2D eigenvalue weighted by Crippen LogP contribution is 2.33. The van der Waals surface area contributed by atoms with Gasteiger partial charge in [0, 0.05) is 12.1 Å². The second-order valence-corrected chi connectivity index (χ2v) is 10.3. The minimum atomic E-state index is -3.68. The molecule has 3 aromatic carbocycles. The monoisotopic (exact) mass is 449 g/mol. The third-order valence-corrected chi connectivity index (χ3v) is 8.15. The molecule has 0 aliphatic carbocycles. The van der Waals surface area contributed by atoms with Crippen LogP contribution in [0.15, 0.2) is 71.6 Å². The van der Waals surface area contributed by atoms with Crippen LogP contribution in [-0.4, -0.2) is 25.9 Å². The number of fused-ring (bicyclic) bond motifs is 2. The lowest BCUT2D eigenvalue weighted by Gasteiger charge is -2.19. The van der Waals surface area contributed by atoms with Crippen molar-refractivity contribution in [2.75, 3.05) is 16.2 Å². The molecule has 1 aliphatic heterocycles. The van der Waals surface area contributed by atoms with Gasteiger partial charge in [-0.3, -0.25) is 14.4 Å². The van der Waals surface area contributed by atoms with Crippen molar-refractivity contribution in [1.29, 1.82) is 0 Å². The van der Waals surface area contributed by atoms with Gasteiger partial charge >= 0.3 is 0 Å². The molecule has 1 aliphatic rings. The predicted molar refractivity (Wildman–Crippen MR) is 123 cm³/mol. The number of nitrogens with one attached hydrogen (secondary N) is 1. The van der Waals surface area contributed by atoms with Gasteiger partial charge < -0.3 is 0 Å². The lowest BCUT2D eigenvalue weighted by Crippen LogP contribution is -2.29.